The molecule has 0 radical (unpaired) electrons. The van der Waals surface area contributed by atoms with Crippen LogP contribution in [0.15, 0.2) is 24.3 Å². The Kier molecular flexibility index (Phi) is 3.86. The minimum Gasteiger partial charge on any atom is -0.276 e. The zero-order valence-corrected chi connectivity index (χ0v) is 9.50. The lowest BCUT2D eigenvalue weighted by atomic mass is 9.93. The van der Waals surface area contributed by atoms with Gasteiger partial charge in [-0.3, -0.25) is 4.79 Å². The molecule has 0 heterocycles. The molecule has 0 saturated carbocycles. The summed E-state index contributed by atoms with van der Waals surface area (Å²) in [5, 5.41) is -1.30. The van der Waals surface area contributed by atoms with Crippen molar-refractivity contribution in [1.82, 2.24) is 0 Å². The van der Waals surface area contributed by atoms with Crippen molar-refractivity contribution in [2.75, 3.05) is 0 Å². The Bertz CT molecular complexity index is 477. The van der Waals surface area contributed by atoms with Gasteiger partial charge in [-0.15, -0.1) is 0 Å². The van der Waals surface area contributed by atoms with Crippen LogP contribution in [0.1, 0.15) is 15.9 Å². The second kappa shape index (κ2) is 4.66. The Morgan fingerprint density at radius 3 is 1.79 bits per heavy atom. The molecule has 106 valence electrons. The molecule has 1 aromatic carbocycles. The quantitative estimate of drug-likeness (QED) is 0.586. The summed E-state index contributed by atoms with van der Waals surface area (Å²) < 4.78 is 88.0. The summed E-state index contributed by atoms with van der Waals surface area (Å²) in [6.45, 7) is 0. The molecule has 0 aliphatic rings. The van der Waals surface area contributed by atoms with Crippen molar-refractivity contribution in [2.45, 2.75) is 18.0 Å². The molecule has 0 atom stereocenters. The molecule has 0 fully saturated rings. The maximum absolute atomic E-state index is 13.6. The standard InChI is InChI=1S/C10H4ClF7O/c11-7(19)5-2-1-3-6(4-5)8(12,9(13,14)15)10(16,17)18/h1-4H. The minimum atomic E-state index is -6.22. The van der Waals surface area contributed by atoms with Crippen LogP contribution in [0.4, 0.5) is 30.7 Å². The maximum Gasteiger partial charge on any atom is 0.435 e. The molecule has 0 amide bonds. The van der Waals surface area contributed by atoms with Gasteiger partial charge in [0.25, 0.3) is 5.24 Å². The average molecular weight is 309 g/mol. The summed E-state index contributed by atoms with van der Waals surface area (Å²) in [6.07, 6.45) is -12.4. The van der Waals surface area contributed by atoms with E-state index in [0.29, 0.717) is 6.07 Å². The van der Waals surface area contributed by atoms with Crippen molar-refractivity contribution in [3.05, 3.63) is 35.4 Å². The van der Waals surface area contributed by atoms with E-state index in [-0.39, 0.29) is 12.1 Å². The smallest absolute Gasteiger partial charge is 0.276 e. The third kappa shape index (κ3) is 2.68. The van der Waals surface area contributed by atoms with Crippen LogP contribution in [0.25, 0.3) is 0 Å². The van der Waals surface area contributed by atoms with Crippen molar-refractivity contribution in [1.29, 1.82) is 0 Å². The van der Waals surface area contributed by atoms with Gasteiger partial charge in [0.1, 0.15) is 0 Å². The van der Waals surface area contributed by atoms with Crippen LogP contribution in [0, 0.1) is 0 Å². The van der Waals surface area contributed by atoms with E-state index >= 15 is 0 Å². The highest BCUT2D eigenvalue weighted by Gasteiger charge is 2.73. The summed E-state index contributed by atoms with van der Waals surface area (Å²) in [6, 6.07) is 1.95. The second-order valence-corrected chi connectivity index (χ2v) is 3.85. The fraction of sp³-hybridized carbons (Fsp3) is 0.300. The van der Waals surface area contributed by atoms with Crippen molar-refractivity contribution in [3.63, 3.8) is 0 Å². The number of benzene rings is 1. The van der Waals surface area contributed by atoms with Gasteiger partial charge in [-0.2, -0.15) is 26.3 Å². The van der Waals surface area contributed by atoms with Crippen LogP contribution >= 0.6 is 11.6 Å². The molecule has 0 aliphatic carbocycles. The van der Waals surface area contributed by atoms with E-state index in [9.17, 15) is 35.5 Å². The molecule has 0 aromatic heterocycles. The summed E-state index contributed by atoms with van der Waals surface area (Å²) in [7, 11) is 0. The van der Waals surface area contributed by atoms with Gasteiger partial charge in [-0.05, 0) is 17.7 Å². The number of hydrogen-bond donors (Lipinski definition) is 0. The van der Waals surface area contributed by atoms with Crippen molar-refractivity contribution in [2.24, 2.45) is 0 Å². The number of rotatable bonds is 2. The Labute approximate surface area is 107 Å². The normalized spacial score (nSPS) is 13.5. The SMILES string of the molecule is O=C(Cl)c1cccc(C(F)(C(F)(F)F)C(F)(F)F)c1. The summed E-state index contributed by atoms with van der Waals surface area (Å²) in [5.74, 6) is 0. The van der Waals surface area contributed by atoms with E-state index in [1.165, 1.54) is 0 Å². The number of alkyl halides is 7. The lowest BCUT2D eigenvalue weighted by molar-refractivity contribution is -0.348. The molecule has 1 nitrogen and oxygen atoms in total. The molecular formula is C10H4ClF7O. The first-order valence-corrected chi connectivity index (χ1v) is 4.92. The largest absolute Gasteiger partial charge is 0.435 e. The lowest BCUT2D eigenvalue weighted by Crippen LogP contribution is -2.50. The van der Waals surface area contributed by atoms with Crippen LogP contribution in [-0.4, -0.2) is 17.6 Å². The topological polar surface area (TPSA) is 17.1 Å². The Balaban J connectivity index is 3.52. The van der Waals surface area contributed by atoms with Gasteiger partial charge in [0.15, 0.2) is 0 Å². The molecule has 19 heavy (non-hydrogen) atoms. The highest BCUT2D eigenvalue weighted by Crippen LogP contribution is 2.53. The van der Waals surface area contributed by atoms with E-state index in [1.807, 2.05) is 0 Å². The van der Waals surface area contributed by atoms with Crippen molar-refractivity contribution < 1.29 is 35.5 Å². The molecule has 0 unspecified atom stereocenters. The van der Waals surface area contributed by atoms with Crippen LogP contribution in [-0.2, 0) is 5.67 Å². The van der Waals surface area contributed by atoms with E-state index in [1.54, 1.807) is 0 Å². The highest BCUT2D eigenvalue weighted by molar-refractivity contribution is 6.67. The van der Waals surface area contributed by atoms with Crippen LogP contribution in [0.3, 0.4) is 0 Å². The van der Waals surface area contributed by atoms with Gasteiger partial charge in [-0.25, -0.2) is 4.39 Å². The van der Waals surface area contributed by atoms with Gasteiger partial charge >= 0.3 is 18.0 Å². The molecule has 0 aliphatic heterocycles. The molecule has 0 N–H and O–H groups in total. The zero-order valence-electron chi connectivity index (χ0n) is 8.74. The van der Waals surface area contributed by atoms with E-state index < -0.39 is 34.4 Å². The Hall–Kier alpha value is -1.31. The van der Waals surface area contributed by atoms with Crippen LogP contribution in [0.2, 0.25) is 0 Å². The average Bonchev–Trinajstić information content (AvgIpc) is 2.25. The Morgan fingerprint density at radius 1 is 0.947 bits per heavy atom. The molecular weight excluding hydrogens is 305 g/mol. The third-order valence-corrected chi connectivity index (χ3v) is 2.49. The number of halogens is 8. The van der Waals surface area contributed by atoms with E-state index in [2.05, 4.69) is 0 Å². The van der Waals surface area contributed by atoms with E-state index in [4.69, 9.17) is 11.6 Å². The van der Waals surface area contributed by atoms with Gasteiger partial charge in [-0.1, -0.05) is 18.2 Å². The molecule has 9 heteroatoms. The summed E-state index contributed by atoms with van der Waals surface area (Å²) >= 11 is 4.93. The van der Waals surface area contributed by atoms with Crippen LogP contribution in [0.5, 0.6) is 0 Å². The minimum absolute atomic E-state index is 0.121. The Morgan fingerprint density at radius 2 is 1.42 bits per heavy atom. The van der Waals surface area contributed by atoms with Crippen molar-refractivity contribution >= 4 is 16.8 Å². The third-order valence-electron chi connectivity index (χ3n) is 2.27. The molecule has 0 saturated heterocycles. The predicted molar refractivity (Wildman–Crippen MR) is 51.5 cm³/mol. The summed E-state index contributed by atoms with van der Waals surface area (Å²) in [4.78, 5) is 10.7. The first-order chi connectivity index (χ1) is 8.41. The van der Waals surface area contributed by atoms with Gasteiger partial charge < -0.3 is 0 Å². The second-order valence-electron chi connectivity index (χ2n) is 3.51. The van der Waals surface area contributed by atoms with Gasteiger partial charge in [0, 0.05) is 11.1 Å². The monoisotopic (exact) mass is 308 g/mol. The van der Waals surface area contributed by atoms with E-state index in [0.717, 1.165) is 6.07 Å². The lowest BCUT2D eigenvalue weighted by Gasteiger charge is -2.30. The van der Waals surface area contributed by atoms with Crippen molar-refractivity contribution in [3.8, 4) is 0 Å². The number of carbonyl (C=O) groups is 1. The van der Waals surface area contributed by atoms with Gasteiger partial charge in [0.05, 0.1) is 0 Å². The first kappa shape index (κ1) is 15.7. The molecule has 1 aromatic rings. The molecule has 0 bridgehead atoms. The zero-order chi connectivity index (χ0) is 15.1. The molecule has 0 spiro atoms. The van der Waals surface area contributed by atoms with Crippen LogP contribution < -0.4 is 0 Å². The summed E-state index contributed by atoms with van der Waals surface area (Å²) in [5.41, 5.74) is -7.99. The predicted octanol–water partition coefficient (Wildman–Crippen LogP) is 4.36. The fourth-order valence-electron chi connectivity index (χ4n) is 1.34. The molecule has 1 rings (SSSR count). The highest BCUT2D eigenvalue weighted by atomic mass is 35.5. The first-order valence-electron chi connectivity index (χ1n) is 4.54. The fourth-order valence-corrected chi connectivity index (χ4v) is 1.46. The maximum atomic E-state index is 13.6. The number of hydrogen-bond acceptors (Lipinski definition) is 1. The number of carbonyl (C=O) groups excluding carboxylic acids is 1. The van der Waals surface area contributed by atoms with Gasteiger partial charge in [0.2, 0.25) is 0 Å².